The molecule has 1 aromatic carbocycles. The van der Waals surface area contributed by atoms with Crippen LogP contribution in [0.1, 0.15) is 52.5 Å². The van der Waals surface area contributed by atoms with Gasteiger partial charge in [-0.15, -0.1) is 0 Å². The minimum Gasteiger partial charge on any atom is -0.201 e. The first-order valence-corrected chi connectivity index (χ1v) is 8.06. The molecule has 2 aromatic rings. The van der Waals surface area contributed by atoms with Crippen molar-refractivity contribution in [2.75, 3.05) is 0 Å². The van der Waals surface area contributed by atoms with Crippen LogP contribution < -0.4 is 4.57 Å². The van der Waals surface area contributed by atoms with Gasteiger partial charge < -0.3 is 0 Å². The van der Waals surface area contributed by atoms with E-state index in [1.165, 1.54) is 16.7 Å². The molecule has 0 aliphatic carbocycles. The van der Waals surface area contributed by atoms with E-state index in [1.807, 2.05) is 11.6 Å². The highest BCUT2D eigenvalue weighted by Crippen LogP contribution is 2.35. The van der Waals surface area contributed by atoms with Crippen LogP contribution in [0, 0.1) is 6.92 Å². The molecule has 0 aliphatic rings. The first-order valence-electron chi connectivity index (χ1n) is 8.56. The highest BCUT2D eigenvalue weighted by Gasteiger charge is 2.29. The molecule has 0 bridgehead atoms. The molecular weight excluding hydrogens is 254 g/mol. The number of benzene rings is 1. The van der Waals surface area contributed by atoms with Crippen molar-refractivity contribution >= 4 is 0 Å². The Morgan fingerprint density at radius 3 is 2.19 bits per heavy atom. The Bertz CT molecular complexity index is 648. The van der Waals surface area contributed by atoms with Gasteiger partial charge in [0.2, 0.25) is 5.69 Å². The maximum absolute atomic E-state index is 8.68. The molecule has 2 rings (SSSR count). The summed E-state index contributed by atoms with van der Waals surface area (Å²) in [6.45, 7) is 8.84. The molecule has 0 aliphatic heterocycles. The van der Waals surface area contributed by atoms with E-state index in [9.17, 15) is 0 Å². The van der Waals surface area contributed by atoms with Crippen LogP contribution in [-0.4, -0.2) is 0 Å². The first-order chi connectivity index (χ1) is 10.5. The van der Waals surface area contributed by atoms with Crippen LogP contribution in [-0.2, 0) is 12.5 Å². The number of nitrogens with zero attached hydrogens (tertiary/aromatic N) is 1. The fourth-order valence-electron chi connectivity index (χ4n) is 3.30. The zero-order chi connectivity index (χ0) is 16.3. The fourth-order valence-corrected chi connectivity index (χ4v) is 3.30. The Labute approximate surface area is 131 Å². The Morgan fingerprint density at radius 1 is 1.00 bits per heavy atom. The Balaban J connectivity index is 2.62. The van der Waals surface area contributed by atoms with E-state index in [2.05, 4.69) is 64.1 Å². The van der Waals surface area contributed by atoms with Crippen LogP contribution in [0.5, 0.6) is 0 Å². The molecule has 0 radical (unpaired) electrons. The number of aromatic nitrogens is 1. The average molecular weight is 283 g/mol. The largest absolute Gasteiger partial charge is 0.212 e. The number of rotatable bonds is 5. The maximum atomic E-state index is 8.68. The molecule has 112 valence electrons. The minimum absolute atomic E-state index is 0.124. The normalized spacial score (nSPS) is 12.3. The summed E-state index contributed by atoms with van der Waals surface area (Å²) in [5.74, 6) is 0. The van der Waals surface area contributed by atoms with Gasteiger partial charge in [0.05, 0.1) is 0 Å². The van der Waals surface area contributed by atoms with Crippen molar-refractivity contribution in [3.05, 3.63) is 53.7 Å². The topological polar surface area (TPSA) is 3.88 Å². The van der Waals surface area contributed by atoms with Gasteiger partial charge >= 0.3 is 0 Å². The number of pyridine rings is 1. The molecule has 0 saturated heterocycles. The lowest BCUT2D eigenvalue weighted by Gasteiger charge is -2.29. The van der Waals surface area contributed by atoms with Crippen molar-refractivity contribution in [2.24, 2.45) is 7.05 Å². The van der Waals surface area contributed by atoms with E-state index in [-0.39, 0.29) is 5.41 Å². The summed E-state index contributed by atoms with van der Waals surface area (Å²) >= 11 is 0. The lowest BCUT2D eigenvalue weighted by molar-refractivity contribution is -0.661. The van der Waals surface area contributed by atoms with Crippen LogP contribution in [0.4, 0.5) is 0 Å². The molecule has 0 fully saturated rings. The van der Waals surface area contributed by atoms with Crippen molar-refractivity contribution in [2.45, 2.75) is 52.4 Å². The average Bonchev–Trinajstić information content (AvgIpc) is 2.54. The van der Waals surface area contributed by atoms with E-state index >= 15 is 0 Å². The molecule has 1 heteroatoms. The first kappa shape index (κ1) is 14.3. The van der Waals surface area contributed by atoms with Gasteiger partial charge in [0.15, 0.2) is 6.17 Å². The molecule has 0 N–H and O–H groups in total. The van der Waals surface area contributed by atoms with Gasteiger partial charge in [0, 0.05) is 22.6 Å². The van der Waals surface area contributed by atoms with Gasteiger partial charge in [-0.05, 0) is 43.9 Å². The van der Waals surface area contributed by atoms with Crippen LogP contribution in [0.2, 0.25) is 0 Å². The molecule has 0 saturated carbocycles. The summed E-state index contributed by atoms with van der Waals surface area (Å²) in [7, 11) is 2.01. The summed E-state index contributed by atoms with van der Waals surface area (Å²) in [5, 5.41) is 0. The summed E-state index contributed by atoms with van der Waals surface area (Å²) in [5.41, 5.74) is 4.88. The summed E-state index contributed by atoms with van der Waals surface area (Å²) in [4.78, 5) is 0. The lowest BCUT2D eigenvalue weighted by Crippen LogP contribution is -2.35. The molecule has 0 unspecified atom stereocenters. The second-order valence-corrected chi connectivity index (χ2v) is 5.96. The second-order valence-electron chi connectivity index (χ2n) is 5.96. The summed E-state index contributed by atoms with van der Waals surface area (Å²) in [6.07, 6.45) is 3.88. The third-order valence-corrected chi connectivity index (χ3v) is 5.08. The van der Waals surface area contributed by atoms with Crippen molar-refractivity contribution in [3.63, 3.8) is 0 Å². The summed E-state index contributed by atoms with van der Waals surface area (Å²) in [6, 6.07) is 12.8. The third kappa shape index (κ3) is 2.88. The molecule has 1 heterocycles. The molecule has 0 spiro atoms. The molecular formula is C20H28N+. The molecule has 0 amide bonds. The van der Waals surface area contributed by atoms with Gasteiger partial charge in [0.25, 0.3) is 0 Å². The van der Waals surface area contributed by atoms with Gasteiger partial charge in [-0.2, -0.15) is 0 Å². The molecule has 1 aromatic heterocycles. The predicted molar refractivity (Wildman–Crippen MR) is 90.3 cm³/mol. The highest BCUT2D eigenvalue weighted by atomic mass is 14.9. The highest BCUT2D eigenvalue weighted by molar-refractivity contribution is 5.60. The monoisotopic (exact) mass is 283 g/mol. The van der Waals surface area contributed by atoms with Crippen molar-refractivity contribution in [1.29, 1.82) is 0 Å². The Kier molecular flexibility index (Phi) is 4.38. The second kappa shape index (κ2) is 6.43. The number of hydrogen-bond acceptors (Lipinski definition) is 0. The fraction of sp³-hybridized carbons (Fsp3) is 0.450. The van der Waals surface area contributed by atoms with Crippen LogP contribution in [0.25, 0.3) is 11.3 Å². The summed E-state index contributed by atoms with van der Waals surface area (Å²) < 4.78 is 10.7. The maximum Gasteiger partial charge on any atom is 0.212 e. The van der Waals surface area contributed by atoms with E-state index in [0.717, 1.165) is 25.0 Å². The van der Waals surface area contributed by atoms with Crippen LogP contribution in [0.15, 0.2) is 42.6 Å². The van der Waals surface area contributed by atoms with E-state index in [4.69, 9.17) is 1.37 Å². The zero-order valence-electron chi connectivity index (χ0n) is 15.0. The molecule has 21 heavy (non-hydrogen) atoms. The van der Waals surface area contributed by atoms with Gasteiger partial charge in [-0.1, -0.05) is 39.0 Å². The van der Waals surface area contributed by atoms with E-state index in [1.54, 1.807) is 0 Å². The molecule has 1 nitrogen and oxygen atoms in total. The zero-order valence-corrected chi connectivity index (χ0v) is 14.0. The van der Waals surface area contributed by atoms with Crippen molar-refractivity contribution in [3.8, 4) is 11.3 Å². The van der Waals surface area contributed by atoms with Crippen molar-refractivity contribution in [1.82, 2.24) is 0 Å². The van der Waals surface area contributed by atoms with Crippen LogP contribution >= 0.6 is 0 Å². The van der Waals surface area contributed by atoms with E-state index in [0.29, 0.717) is 6.17 Å². The van der Waals surface area contributed by atoms with E-state index < -0.39 is 0 Å². The quantitative estimate of drug-likeness (QED) is 0.683. The van der Waals surface area contributed by atoms with Gasteiger partial charge in [-0.3, -0.25) is 0 Å². The number of aryl methyl sites for hydroxylation is 1. The SMILES string of the molecule is [2H]c1c(C(CC)(CC)CC)ccc(-c2ccccc2C)[n+]1C. The Hall–Kier alpha value is -1.63. The molecule has 0 atom stereocenters. The standard InChI is InChI=1S/C20H28N/c1-6-20(7-2,8-3)17-13-14-19(21(5)15-17)18-12-10-9-11-16(18)4/h9-15H,6-8H2,1-5H3/q+1/i15D. The van der Waals surface area contributed by atoms with Gasteiger partial charge in [-0.25, -0.2) is 4.57 Å². The van der Waals surface area contributed by atoms with Crippen molar-refractivity contribution < 1.29 is 5.94 Å². The number of hydrogen-bond donors (Lipinski definition) is 0. The Morgan fingerprint density at radius 2 is 1.62 bits per heavy atom. The predicted octanol–water partition coefficient (Wildman–Crippen LogP) is 4.95. The lowest BCUT2D eigenvalue weighted by atomic mass is 9.74. The third-order valence-electron chi connectivity index (χ3n) is 5.08. The minimum atomic E-state index is 0.124. The smallest absolute Gasteiger partial charge is 0.201 e. The van der Waals surface area contributed by atoms with Crippen LogP contribution in [0.3, 0.4) is 0 Å². The van der Waals surface area contributed by atoms with Gasteiger partial charge in [0.1, 0.15) is 8.42 Å².